The van der Waals surface area contributed by atoms with E-state index in [9.17, 15) is 9.59 Å². The fraction of sp³-hybridized carbons (Fsp3) is 0.286. The standard InChI is InChI=1S/C14H16N2O4S/c1-3-19-13(17)11(14(18)20-4-2)9-16-12(21)10-6-5-7-15-8-10/h5-9H,3-4H2,1-2H3,(H,16,21). The van der Waals surface area contributed by atoms with Gasteiger partial charge in [0, 0.05) is 24.2 Å². The number of hydrogen-bond acceptors (Lipinski definition) is 6. The molecule has 0 aliphatic heterocycles. The summed E-state index contributed by atoms with van der Waals surface area (Å²) in [7, 11) is 0. The average molecular weight is 308 g/mol. The lowest BCUT2D eigenvalue weighted by Gasteiger charge is -2.08. The van der Waals surface area contributed by atoms with Crippen LogP contribution in [-0.2, 0) is 19.1 Å². The number of rotatable bonds is 6. The van der Waals surface area contributed by atoms with Gasteiger partial charge in [-0.05, 0) is 26.0 Å². The molecular weight excluding hydrogens is 292 g/mol. The first kappa shape index (κ1) is 16.8. The second kappa shape index (κ2) is 8.80. The van der Waals surface area contributed by atoms with Gasteiger partial charge in [-0.1, -0.05) is 12.2 Å². The highest BCUT2D eigenvalue weighted by Crippen LogP contribution is 2.03. The molecule has 21 heavy (non-hydrogen) atoms. The molecule has 0 unspecified atom stereocenters. The Morgan fingerprint density at radius 2 is 1.90 bits per heavy atom. The number of pyridine rings is 1. The summed E-state index contributed by atoms with van der Waals surface area (Å²) in [6.45, 7) is 3.61. The maximum atomic E-state index is 11.7. The molecule has 1 rings (SSSR count). The maximum Gasteiger partial charge on any atom is 0.347 e. The van der Waals surface area contributed by atoms with Gasteiger partial charge in [-0.25, -0.2) is 9.59 Å². The van der Waals surface area contributed by atoms with E-state index in [4.69, 9.17) is 21.7 Å². The molecule has 0 radical (unpaired) electrons. The van der Waals surface area contributed by atoms with Crippen molar-refractivity contribution in [2.24, 2.45) is 0 Å². The number of aromatic nitrogens is 1. The Labute approximate surface area is 128 Å². The molecule has 0 bridgehead atoms. The molecule has 1 aromatic rings. The number of hydrogen-bond donors (Lipinski definition) is 1. The van der Waals surface area contributed by atoms with E-state index in [1.165, 1.54) is 6.20 Å². The summed E-state index contributed by atoms with van der Waals surface area (Å²) in [5.41, 5.74) is 0.417. The average Bonchev–Trinajstić information content (AvgIpc) is 2.48. The number of esters is 2. The first-order valence-electron chi connectivity index (χ1n) is 6.35. The Morgan fingerprint density at radius 3 is 2.38 bits per heavy atom. The zero-order chi connectivity index (χ0) is 15.7. The molecule has 112 valence electrons. The quantitative estimate of drug-likeness (QED) is 0.279. The van der Waals surface area contributed by atoms with Crippen molar-refractivity contribution in [2.75, 3.05) is 13.2 Å². The Hall–Kier alpha value is -2.28. The maximum absolute atomic E-state index is 11.7. The van der Waals surface area contributed by atoms with Crippen LogP contribution in [-0.4, -0.2) is 35.1 Å². The molecule has 0 saturated heterocycles. The molecule has 0 spiro atoms. The van der Waals surface area contributed by atoms with Crippen LogP contribution in [0.4, 0.5) is 0 Å². The van der Waals surface area contributed by atoms with Gasteiger partial charge in [0.25, 0.3) is 0 Å². The second-order valence-electron chi connectivity index (χ2n) is 3.71. The molecule has 0 amide bonds. The number of nitrogens with one attached hydrogen (secondary N) is 1. The second-order valence-corrected chi connectivity index (χ2v) is 4.12. The zero-order valence-electron chi connectivity index (χ0n) is 11.8. The third-order valence-corrected chi connectivity index (χ3v) is 2.62. The van der Waals surface area contributed by atoms with E-state index in [-0.39, 0.29) is 18.8 Å². The highest BCUT2D eigenvalue weighted by atomic mass is 32.1. The SMILES string of the molecule is CCOC(=O)C(=CNC(=S)c1cccnc1)C(=O)OCC. The summed E-state index contributed by atoms with van der Waals surface area (Å²) in [6, 6.07) is 3.48. The normalized spacial score (nSPS) is 9.43. The van der Waals surface area contributed by atoms with Crippen LogP contribution in [0.1, 0.15) is 19.4 Å². The summed E-state index contributed by atoms with van der Waals surface area (Å²) in [5, 5.41) is 2.71. The number of nitrogens with zero attached hydrogens (tertiary/aromatic N) is 1. The summed E-state index contributed by atoms with van der Waals surface area (Å²) in [5.74, 6) is -1.53. The molecule has 7 heteroatoms. The molecule has 0 fully saturated rings. The van der Waals surface area contributed by atoms with E-state index in [2.05, 4.69) is 10.3 Å². The van der Waals surface area contributed by atoms with E-state index in [0.29, 0.717) is 10.6 Å². The van der Waals surface area contributed by atoms with E-state index in [1.807, 2.05) is 0 Å². The number of thiocarbonyl (C=S) groups is 1. The van der Waals surface area contributed by atoms with Gasteiger partial charge in [0.05, 0.1) is 13.2 Å². The molecule has 1 N–H and O–H groups in total. The minimum Gasteiger partial charge on any atom is -0.462 e. The molecule has 0 aliphatic carbocycles. The molecule has 1 heterocycles. The van der Waals surface area contributed by atoms with Crippen molar-refractivity contribution in [1.82, 2.24) is 10.3 Å². The first-order valence-corrected chi connectivity index (χ1v) is 6.76. The van der Waals surface area contributed by atoms with Crippen LogP contribution in [0.2, 0.25) is 0 Å². The van der Waals surface area contributed by atoms with Crippen LogP contribution in [0.5, 0.6) is 0 Å². The highest BCUT2D eigenvalue weighted by molar-refractivity contribution is 7.80. The largest absolute Gasteiger partial charge is 0.462 e. The summed E-state index contributed by atoms with van der Waals surface area (Å²) in [4.78, 5) is 27.7. The Morgan fingerprint density at radius 1 is 1.29 bits per heavy atom. The Bertz CT molecular complexity index is 523. The fourth-order valence-electron chi connectivity index (χ4n) is 1.34. The monoisotopic (exact) mass is 308 g/mol. The number of ether oxygens (including phenoxy) is 2. The van der Waals surface area contributed by atoms with E-state index < -0.39 is 11.9 Å². The van der Waals surface area contributed by atoms with Crippen LogP contribution in [0, 0.1) is 0 Å². The van der Waals surface area contributed by atoms with Crippen LogP contribution in [0.3, 0.4) is 0 Å². The van der Waals surface area contributed by atoms with Crippen LogP contribution >= 0.6 is 12.2 Å². The summed E-state index contributed by atoms with van der Waals surface area (Å²) < 4.78 is 9.61. The highest BCUT2D eigenvalue weighted by Gasteiger charge is 2.21. The predicted molar refractivity (Wildman–Crippen MR) is 80.4 cm³/mol. The van der Waals surface area contributed by atoms with Gasteiger partial charge in [0.15, 0.2) is 5.57 Å². The molecule has 6 nitrogen and oxygen atoms in total. The molecule has 0 atom stereocenters. The first-order chi connectivity index (χ1) is 10.1. The lowest BCUT2D eigenvalue weighted by molar-refractivity contribution is -0.146. The predicted octanol–water partition coefficient (Wildman–Crippen LogP) is 1.36. The molecular formula is C14H16N2O4S. The Balaban J connectivity index is 2.85. The lowest BCUT2D eigenvalue weighted by atomic mass is 10.2. The van der Waals surface area contributed by atoms with Crippen molar-refractivity contribution in [1.29, 1.82) is 0 Å². The lowest BCUT2D eigenvalue weighted by Crippen LogP contribution is -2.24. The topological polar surface area (TPSA) is 77.5 Å². The molecule has 0 aromatic carbocycles. The van der Waals surface area contributed by atoms with Crippen molar-refractivity contribution in [3.8, 4) is 0 Å². The third-order valence-electron chi connectivity index (χ3n) is 2.26. The van der Waals surface area contributed by atoms with Gasteiger partial charge in [-0.3, -0.25) is 4.98 Å². The van der Waals surface area contributed by atoms with Crippen LogP contribution < -0.4 is 5.32 Å². The van der Waals surface area contributed by atoms with Gasteiger partial charge in [0.2, 0.25) is 0 Å². The van der Waals surface area contributed by atoms with Gasteiger partial charge in [-0.15, -0.1) is 0 Å². The van der Waals surface area contributed by atoms with Crippen molar-refractivity contribution in [3.63, 3.8) is 0 Å². The third kappa shape index (κ3) is 5.31. The smallest absolute Gasteiger partial charge is 0.347 e. The number of carbonyl (C=O) groups is 2. The van der Waals surface area contributed by atoms with Crippen molar-refractivity contribution >= 4 is 29.1 Å². The summed E-state index contributed by atoms with van der Waals surface area (Å²) in [6.07, 6.45) is 4.37. The van der Waals surface area contributed by atoms with Crippen LogP contribution in [0.25, 0.3) is 0 Å². The molecule has 0 aliphatic rings. The minimum absolute atomic E-state index is 0.155. The van der Waals surface area contributed by atoms with E-state index >= 15 is 0 Å². The van der Waals surface area contributed by atoms with Crippen LogP contribution in [0.15, 0.2) is 36.3 Å². The Kier molecular flexibility index (Phi) is 7.03. The summed E-state index contributed by atoms with van der Waals surface area (Å²) >= 11 is 5.14. The van der Waals surface area contributed by atoms with E-state index in [0.717, 1.165) is 0 Å². The number of carbonyl (C=O) groups excluding carboxylic acids is 2. The zero-order valence-corrected chi connectivity index (χ0v) is 12.6. The fourth-order valence-corrected chi connectivity index (χ4v) is 1.52. The van der Waals surface area contributed by atoms with Gasteiger partial charge in [-0.2, -0.15) is 0 Å². The molecule has 1 aromatic heterocycles. The van der Waals surface area contributed by atoms with E-state index in [1.54, 1.807) is 38.4 Å². The van der Waals surface area contributed by atoms with Gasteiger partial charge in [0.1, 0.15) is 4.99 Å². The van der Waals surface area contributed by atoms with Gasteiger partial charge >= 0.3 is 11.9 Å². The van der Waals surface area contributed by atoms with Gasteiger partial charge < -0.3 is 14.8 Å². The minimum atomic E-state index is -0.766. The molecule has 0 saturated carbocycles. The van der Waals surface area contributed by atoms with Crippen molar-refractivity contribution < 1.29 is 19.1 Å². The van der Waals surface area contributed by atoms with Crippen molar-refractivity contribution in [3.05, 3.63) is 41.9 Å². The van der Waals surface area contributed by atoms with Crippen molar-refractivity contribution in [2.45, 2.75) is 13.8 Å².